The molecular formula is C18H24F4N2O. The second-order valence-electron chi connectivity index (χ2n) is 6.78. The number of rotatable bonds is 6. The van der Waals surface area contributed by atoms with E-state index < -0.39 is 12.5 Å². The van der Waals surface area contributed by atoms with Gasteiger partial charge in [-0.1, -0.05) is 31.0 Å². The van der Waals surface area contributed by atoms with Gasteiger partial charge in [0.25, 0.3) is 0 Å². The molecule has 1 aromatic rings. The first kappa shape index (κ1) is 18.5. The summed E-state index contributed by atoms with van der Waals surface area (Å²) in [7, 11) is 0. The number of nitrogens with zero attached hydrogens (tertiary/aromatic N) is 1. The SMILES string of the molecule is FC(F)C(F)(F)Oc1ccccc1[C@H](C1CCCC1)N1CCNCC1. The maximum absolute atomic E-state index is 13.5. The summed E-state index contributed by atoms with van der Waals surface area (Å²) in [6.07, 6.45) is -4.07. The zero-order valence-electron chi connectivity index (χ0n) is 14.1. The van der Waals surface area contributed by atoms with Crippen molar-refractivity contribution in [3.05, 3.63) is 29.8 Å². The van der Waals surface area contributed by atoms with Crippen LogP contribution in [0.25, 0.3) is 0 Å². The van der Waals surface area contributed by atoms with Crippen molar-refractivity contribution in [2.75, 3.05) is 26.2 Å². The van der Waals surface area contributed by atoms with Crippen LogP contribution >= 0.6 is 0 Å². The Morgan fingerprint density at radius 2 is 1.72 bits per heavy atom. The van der Waals surface area contributed by atoms with Gasteiger partial charge in [0, 0.05) is 37.8 Å². The summed E-state index contributed by atoms with van der Waals surface area (Å²) < 4.78 is 56.7. The van der Waals surface area contributed by atoms with Crippen molar-refractivity contribution < 1.29 is 22.3 Å². The first-order valence-corrected chi connectivity index (χ1v) is 8.87. The lowest BCUT2D eigenvalue weighted by Gasteiger charge is -2.39. The summed E-state index contributed by atoms with van der Waals surface area (Å²) in [4.78, 5) is 2.27. The highest BCUT2D eigenvalue weighted by atomic mass is 19.3. The maximum atomic E-state index is 13.5. The lowest BCUT2D eigenvalue weighted by atomic mass is 9.89. The summed E-state index contributed by atoms with van der Waals surface area (Å²) in [5.41, 5.74) is 0.594. The van der Waals surface area contributed by atoms with E-state index in [2.05, 4.69) is 15.0 Å². The number of ether oxygens (including phenoxy) is 1. The molecule has 25 heavy (non-hydrogen) atoms. The van der Waals surface area contributed by atoms with Crippen molar-refractivity contribution in [1.82, 2.24) is 10.2 Å². The number of piperazine rings is 1. The van der Waals surface area contributed by atoms with E-state index in [1.54, 1.807) is 18.2 Å². The van der Waals surface area contributed by atoms with Gasteiger partial charge in [-0.05, 0) is 24.8 Å². The smallest absolute Gasteiger partial charge is 0.428 e. The predicted molar refractivity (Wildman–Crippen MR) is 87.2 cm³/mol. The van der Waals surface area contributed by atoms with Crippen molar-refractivity contribution in [3.8, 4) is 5.75 Å². The Hall–Kier alpha value is -1.34. The summed E-state index contributed by atoms with van der Waals surface area (Å²) in [6.45, 7) is 3.28. The van der Waals surface area contributed by atoms with E-state index in [-0.39, 0.29) is 11.8 Å². The third-order valence-electron chi connectivity index (χ3n) is 5.13. The molecular weight excluding hydrogens is 336 g/mol. The van der Waals surface area contributed by atoms with Crippen LogP contribution < -0.4 is 10.1 Å². The Bertz CT molecular complexity index is 558. The maximum Gasteiger partial charge on any atom is 0.461 e. The van der Waals surface area contributed by atoms with Crippen molar-refractivity contribution in [3.63, 3.8) is 0 Å². The van der Waals surface area contributed by atoms with E-state index >= 15 is 0 Å². The fraction of sp³-hybridized carbons (Fsp3) is 0.667. The highest BCUT2D eigenvalue weighted by molar-refractivity contribution is 5.37. The van der Waals surface area contributed by atoms with Gasteiger partial charge in [-0.2, -0.15) is 17.6 Å². The second kappa shape index (κ2) is 7.91. The summed E-state index contributed by atoms with van der Waals surface area (Å²) in [5, 5.41) is 3.29. The van der Waals surface area contributed by atoms with E-state index in [1.165, 1.54) is 6.07 Å². The predicted octanol–water partition coefficient (Wildman–Crippen LogP) is 4.06. The lowest BCUT2D eigenvalue weighted by Crippen LogP contribution is -2.47. The van der Waals surface area contributed by atoms with Crippen LogP contribution in [0, 0.1) is 5.92 Å². The molecule has 0 aromatic heterocycles. The molecule has 1 saturated carbocycles. The molecule has 0 radical (unpaired) electrons. The van der Waals surface area contributed by atoms with Crippen LogP contribution in [0.15, 0.2) is 24.3 Å². The van der Waals surface area contributed by atoms with E-state index in [1.807, 2.05) is 0 Å². The normalized spacial score (nSPS) is 21.6. The Morgan fingerprint density at radius 1 is 1.08 bits per heavy atom. The molecule has 0 amide bonds. The molecule has 1 heterocycles. The van der Waals surface area contributed by atoms with Crippen LogP contribution in [0.5, 0.6) is 5.75 Å². The number of hydrogen-bond donors (Lipinski definition) is 1. The molecule has 2 aliphatic rings. The molecule has 0 bridgehead atoms. The molecule has 1 saturated heterocycles. The van der Waals surface area contributed by atoms with Crippen LogP contribution in [0.3, 0.4) is 0 Å². The first-order valence-electron chi connectivity index (χ1n) is 8.87. The highest BCUT2D eigenvalue weighted by Crippen LogP contribution is 2.43. The molecule has 0 spiro atoms. The summed E-state index contributed by atoms with van der Waals surface area (Å²) in [5.74, 6) is 0.200. The van der Waals surface area contributed by atoms with E-state index in [0.29, 0.717) is 11.5 Å². The van der Waals surface area contributed by atoms with Crippen molar-refractivity contribution in [2.24, 2.45) is 5.92 Å². The average Bonchev–Trinajstić information content (AvgIpc) is 3.11. The third-order valence-corrected chi connectivity index (χ3v) is 5.13. The number of hydrogen-bond acceptors (Lipinski definition) is 3. The molecule has 2 fully saturated rings. The quantitative estimate of drug-likeness (QED) is 0.775. The molecule has 3 nitrogen and oxygen atoms in total. The van der Waals surface area contributed by atoms with Gasteiger partial charge in [-0.25, -0.2) is 0 Å². The van der Waals surface area contributed by atoms with Crippen molar-refractivity contribution in [2.45, 2.75) is 44.3 Å². The van der Waals surface area contributed by atoms with Crippen LogP contribution in [-0.4, -0.2) is 43.6 Å². The highest BCUT2D eigenvalue weighted by Gasteiger charge is 2.45. The molecule has 7 heteroatoms. The molecule has 1 atom stereocenters. The second-order valence-corrected chi connectivity index (χ2v) is 6.78. The van der Waals surface area contributed by atoms with Gasteiger partial charge in [-0.15, -0.1) is 0 Å². The van der Waals surface area contributed by atoms with Gasteiger partial charge >= 0.3 is 12.5 Å². The van der Waals surface area contributed by atoms with E-state index in [0.717, 1.165) is 51.9 Å². The average molecular weight is 360 g/mol. The van der Waals surface area contributed by atoms with Crippen molar-refractivity contribution >= 4 is 0 Å². The summed E-state index contributed by atoms with van der Waals surface area (Å²) in [6, 6.07) is 6.34. The number of alkyl halides is 4. The molecule has 1 aliphatic heterocycles. The molecule has 1 N–H and O–H groups in total. The first-order chi connectivity index (χ1) is 12.0. The van der Waals surface area contributed by atoms with Gasteiger partial charge in [0.05, 0.1) is 0 Å². The fourth-order valence-corrected chi connectivity index (χ4v) is 3.99. The summed E-state index contributed by atoms with van der Waals surface area (Å²) >= 11 is 0. The minimum absolute atomic E-state index is 0.0747. The standard InChI is InChI=1S/C18H24F4N2O/c19-17(20)18(21,22)25-15-8-4-3-7-14(15)16(13-5-1-2-6-13)24-11-9-23-10-12-24/h3-4,7-8,13,16-17,23H,1-2,5-6,9-12H2/t16-/m0/s1. The molecule has 3 rings (SSSR count). The number of halogens is 4. The fourth-order valence-electron chi connectivity index (χ4n) is 3.99. The van der Waals surface area contributed by atoms with Crippen LogP contribution in [0.4, 0.5) is 17.6 Å². The minimum atomic E-state index is -4.49. The molecule has 1 aliphatic carbocycles. The topological polar surface area (TPSA) is 24.5 Å². The number of nitrogens with one attached hydrogen (secondary N) is 1. The molecule has 140 valence electrons. The van der Waals surface area contributed by atoms with Gasteiger partial charge in [0.15, 0.2) is 0 Å². The van der Waals surface area contributed by atoms with Gasteiger partial charge in [0.2, 0.25) is 0 Å². The molecule has 0 unspecified atom stereocenters. The van der Waals surface area contributed by atoms with Gasteiger partial charge in [-0.3, -0.25) is 4.90 Å². The zero-order chi connectivity index (χ0) is 17.9. The minimum Gasteiger partial charge on any atom is -0.428 e. The van der Waals surface area contributed by atoms with Crippen LogP contribution in [0.1, 0.15) is 37.3 Å². The van der Waals surface area contributed by atoms with E-state index in [9.17, 15) is 17.6 Å². The number of benzene rings is 1. The van der Waals surface area contributed by atoms with Gasteiger partial charge in [0.1, 0.15) is 5.75 Å². The Morgan fingerprint density at radius 3 is 2.36 bits per heavy atom. The Labute approximate surface area is 145 Å². The van der Waals surface area contributed by atoms with E-state index in [4.69, 9.17) is 0 Å². The number of para-hydroxylation sites is 1. The Kier molecular flexibility index (Phi) is 5.84. The largest absolute Gasteiger partial charge is 0.461 e. The van der Waals surface area contributed by atoms with Gasteiger partial charge < -0.3 is 10.1 Å². The van der Waals surface area contributed by atoms with Crippen LogP contribution in [0.2, 0.25) is 0 Å². The van der Waals surface area contributed by atoms with Crippen molar-refractivity contribution in [1.29, 1.82) is 0 Å². The van der Waals surface area contributed by atoms with Crippen LogP contribution in [-0.2, 0) is 0 Å². The Balaban J connectivity index is 1.92. The monoisotopic (exact) mass is 360 g/mol. The molecule has 1 aromatic carbocycles. The lowest BCUT2D eigenvalue weighted by molar-refractivity contribution is -0.253. The third kappa shape index (κ3) is 4.26. The zero-order valence-corrected chi connectivity index (χ0v) is 14.1.